The lowest BCUT2D eigenvalue weighted by Crippen LogP contribution is -2.41. The number of nitrogens with two attached hydrogens (primary N) is 1. The first-order valence-electron chi connectivity index (χ1n) is 7.34. The van der Waals surface area contributed by atoms with E-state index >= 15 is 0 Å². The largest absolute Gasteiger partial charge is 0.462 e. The molecule has 0 spiro atoms. The normalized spacial score (nSPS) is 10.3. The van der Waals surface area contributed by atoms with E-state index in [2.05, 4.69) is 0 Å². The summed E-state index contributed by atoms with van der Waals surface area (Å²) in [6, 6.07) is 8.66. The Morgan fingerprint density at radius 1 is 1.25 bits per heavy atom. The van der Waals surface area contributed by atoms with Crippen LogP contribution in [0.5, 0.6) is 0 Å². The van der Waals surface area contributed by atoms with Crippen molar-refractivity contribution in [2.75, 3.05) is 11.5 Å². The summed E-state index contributed by atoms with van der Waals surface area (Å²) in [6.07, 6.45) is 0. The van der Waals surface area contributed by atoms with E-state index in [1.807, 2.05) is 19.9 Å². The molecule has 0 aliphatic carbocycles. The number of aryl methyl sites for hydroxylation is 1. The number of amides is 1. The summed E-state index contributed by atoms with van der Waals surface area (Å²) in [7, 11) is 0. The third-order valence-corrected chi connectivity index (χ3v) is 4.87. The minimum Gasteiger partial charge on any atom is -0.462 e. The molecule has 0 unspecified atom stereocenters. The van der Waals surface area contributed by atoms with Gasteiger partial charge in [-0.15, -0.1) is 11.3 Å². The molecule has 0 radical (unpaired) electrons. The number of hydrogen-bond acceptors (Lipinski definition) is 5. The van der Waals surface area contributed by atoms with Gasteiger partial charge < -0.3 is 10.5 Å². The van der Waals surface area contributed by atoms with Gasteiger partial charge >= 0.3 is 5.97 Å². The van der Waals surface area contributed by atoms with Crippen molar-refractivity contribution in [1.29, 1.82) is 0 Å². The molecule has 1 aromatic heterocycles. The van der Waals surface area contributed by atoms with Crippen LogP contribution in [0.25, 0.3) is 0 Å². The maximum atomic E-state index is 12.9. The van der Waals surface area contributed by atoms with Crippen LogP contribution in [-0.2, 0) is 4.74 Å². The Morgan fingerprint density at radius 3 is 2.42 bits per heavy atom. The second kappa shape index (κ2) is 7.55. The predicted molar refractivity (Wildman–Crippen MR) is 99.8 cm³/mol. The zero-order chi connectivity index (χ0) is 17.9. The summed E-state index contributed by atoms with van der Waals surface area (Å²) in [5, 5.41) is 0.278. The van der Waals surface area contributed by atoms with E-state index in [4.69, 9.17) is 22.7 Å². The molecule has 0 aliphatic rings. The summed E-state index contributed by atoms with van der Waals surface area (Å²) in [5.41, 5.74) is 7.32. The highest BCUT2D eigenvalue weighted by Gasteiger charge is 2.30. The van der Waals surface area contributed by atoms with Gasteiger partial charge in [-0.25, -0.2) is 9.69 Å². The SMILES string of the molecule is CCOC(=O)c1c(N(C(=O)c2ccccc2)C(N)=S)sc(C)c1C. The number of thiophene rings is 1. The van der Waals surface area contributed by atoms with Crippen LogP contribution in [0.3, 0.4) is 0 Å². The standard InChI is InChI=1S/C17H18N2O3S2/c1-4-22-16(21)13-10(2)11(3)24-15(13)19(17(18)23)14(20)12-8-6-5-7-9-12/h5-9H,4H2,1-3H3,(H2,18,23). The fourth-order valence-electron chi connectivity index (χ4n) is 2.21. The molecular weight excluding hydrogens is 344 g/mol. The quantitative estimate of drug-likeness (QED) is 0.666. The Labute approximate surface area is 150 Å². The maximum absolute atomic E-state index is 12.9. The zero-order valence-electron chi connectivity index (χ0n) is 13.7. The third kappa shape index (κ3) is 3.47. The topological polar surface area (TPSA) is 72.6 Å². The summed E-state index contributed by atoms with van der Waals surface area (Å²) >= 11 is 6.37. The number of hydrogen-bond donors (Lipinski definition) is 1. The average Bonchev–Trinajstić information content (AvgIpc) is 2.83. The Morgan fingerprint density at radius 2 is 1.88 bits per heavy atom. The highest BCUT2D eigenvalue weighted by Crippen LogP contribution is 2.36. The monoisotopic (exact) mass is 362 g/mol. The Kier molecular flexibility index (Phi) is 5.69. The van der Waals surface area contributed by atoms with E-state index in [0.717, 1.165) is 10.4 Å². The molecule has 7 heteroatoms. The summed E-state index contributed by atoms with van der Waals surface area (Å²) in [4.78, 5) is 27.3. The molecular formula is C17H18N2O3S2. The minimum atomic E-state index is -0.489. The van der Waals surface area contributed by atoms with Gasteiger partial charge in [-0.2, -0.15) is 0 Å². The molecule has 2 N–H and O–H groups in total. The van der Waals surface area contributed by atoms with Crippen LogP contribution in [0.1, 0.15) is 38.1 Å². The minimum absolute atomic E-state index is 0.115. The number of benzene rings is 1. The Hall–Kier alpha value is -2.25. The van der Waals surface area contributed by atoms with Crippen LogP contribution in [0, 0.1) is 13.8 Å². The molecule has 2 aromatic rings. The van der Waals surface area contributed by atoms with Gasteiger partial charge in [0.05, 0.1) is 12.2 Å². The molecule has 1 heterocycles. The molecule has 24 heavy (non-hydrogen) atoms. The molecule has 2 rings (SSSR count). The summed E-state index contributed by atoms with van der Waals surface area (Å²) < 4.78 is 5.12. The van der Waals surface area contributed by atoms with Crippen molar-refractivity contribution in [1.82, 2.24) is 0 Å². The fraction of sp³-hybridized carbons (Fsp3) is 0.235. The van der Waals surface area contributed by atoms with Crippen molar-refractivity contribution in [2.45, 2.75) is 20.8 Å². The fourth-order valence-corrected chi connectivity index (χ4v) is 3.60. The number of thiocarbonyl (C=S) groups is 1. The number of esters is 1. The van der Waals surface area contributed by atoms with Crippen LogP contribution in [0.2, 0.25) is 0 Å². The highest BCUT2D eigenvalue weighted by molar-refractivity contribution is 7.80. The molecule has 0 fully saturated rings. The number of rotatable bonds is 4. The molecule has 1 amide bonds. The number of ether oxygens (including phenoxy) is 1. The van der Waals surface area contributed by atoms with Gasteiger partial charge in [0.2, 0.25) is 0 Å². The van der Waals surface area contributed by atoms with Crippen molar-refractivity contribution < 1.29 is 14.3 Å². The zero-order valence-corrected chi connectivity index (χ0v) is 15.3. The molecule has 0 aliphatic heterocycles. The molecule has 5 nitrogen and oxygen atoms in total. The van der Waals surface area contributed by atoms with E-state index in [-0.39, 0.29) is 17.6 Å². The summed E-state index contributed by atoms with van der Waals surface area (Å²) in [6.45, 7) is 5.65. The van der Waals surface area contributed by atoms with Gasteiger partial charge in [0.15, 0.2) is 5.11 Å². The van der Waals surface area contributed by atoms with Gasteiger partial charge in [0.25, 0.3) is 5.91 Å². The van der Waals surface area contributed by atoms with Crippen LogP contribution in [0.15, 0.2) is 30.3 Å². The third-order valence-electron chi connectivity index (χ3n) is 3.49. The lowest BCUT2D eigenvalue weighted by atomic mass is 10.1. The highest BCUT2D eigenvalue weighted by atomic mass is 32.1. The van der Waals surface area contributed by atoms with E-state index in [1.165, 1.54) is 16.2 Å². The predicted octanol–water partition coefficient (Wildman–Crippen LogP) is 3.43. The van der Waals surface area contributed by atoms with E-state index in [0.29, 0.717) is 16.1 Å². The van der Waals surface area contributed by atoms with Crippen molar-refractivity contribution in [3.8, 4) is 0 Å². The summed E-state index contributed by atoms with van der Waals surface area (Å²) in [5.74, 6) is -0.869. The Bertz CT molecular complexity index is 785. The maximum Gasteiger partial charge on any atom is 0.341 e. The van der Waals surface area contributed by atoms with Gasteiger partial charge in [0.1, 0.15) is 5.00 Å². The molecule has 1 aromatic carbocycles. The number of nitrogens with zero attached hydrogens (tertiary/aromatic N) is 1. The van der Waals surface area contributed by atoms with Crippen molar-refractivity contribution >= 4 is 45.5 Å². The van der Waals surface area contributed by atoms with Crippen molar-refractivity contribution in [3.63, 3.8) is 0 Å². The van der Waals surface area contributed by atoms with Gasteiger partial charge in [-0.1, -0.05) is 18.2 Å². The number of anilines is 1. The van der Waals surface area contributed by atoms with Crippen LogP contribution >= 0.6 is 23.6 Å². The number of carbonyl (C=O) groups is 2. The second-order valence-electron chi connectivity index (χ2n) is 5.03. The smallest absolute Gasteiger partial charge is 0.341 e. The van der Waals surface area contributed by atoms with E-state index < -0.39 is 5.97 Å². The van der Waals surface area contributed by atoms with Gasteiger partial charge in [-0.05, 0) is 50.7 Å². The molecule has 0 saturated heterocycles. The van der Waals surface area contributed by atoms with Gasteiger partial charge in [0, 0.05) is 10.4 Å². The molecule has 0 atom stereocenters. The second-order valence-corrected chi connectivity index (χ2v) is 6.65. The first-order valence-corrected chi connectivity index (χ1v) is 8.57. The van der Waals surface area contributed by atoms with Gasteiger partial charge in [-0.3, -0.25) is 4.79 Å². The molecule has 0 bridgehead atoms. The molecule has 0 saturated carbocycles. The first kappa shape index (κ1) is 18.1. The average molecular weight is 362 g/mol. The first-order chi connectivity index (χ1) is 11.4. The van der Waals surface area contributed by atoms with Crippen LogP contribution in [-0.4, -0.2) is 23.6 Å². The van der Waals surface area contributed by atoms with E-state index in [1.54, 1.807) is 31.2 Å². The van der Waals surface area contributed by atoms with Crippen LogP contribution in [0.4, 0.5) is 5.00 Å². The van der Waals surface area contributed by atoms with Crippen molar-refractivity contribution in [3.05, 3.63) is 51.9 Å². The van der Waals surface area contributed by atoms with Crippen molar-refractivity contribution in [2.24, 2.45) is 5.73 Å². The van der Waals surface area contributed by atoms with E-state index in [9.17, 15) is 9.59 Å². The Balaban J connectivity index is 2.57. The van der Waals surface area contributed by atoms with Crippen LogP contribution < -0.4 is 10.6 Å². The molecule has 126 valence electrons. The number of carbonyl (C=O) groups excluding carboxylic acids is 2. The lowest BCUT2D eigenvalue weighted by molar-refractivity contribution is 0.0527. The lowest BCUT2D eigenvalue weighted by Gasteiger charge is -2.20.